The van der Waals surface area contributed by atoms with Gasteiger partial charge in [-0.15, -0.1) is 0 Å². The molecule has 0 amide bonds. The molecule has 0 aliphatic rings. The molecule has 476 valence electrons. The Bertz CT molecular complexity index is 1790. The summed E-state index contributed by atoms with van der Waals surface area (Å²) in [6.07, 6.45) is 111. The van der Waals surface area contributed by atoms with Crippen LogP contribution in [0.15, 0.2) is 158 Å². The van der Waals surface area contributed by atoms with E-state index in [-0.39, 0.29) is 25.2 Å². The minimum atomic E-state index is -0.784. The van der Waals surface area contributed by atoms with Gasteiger partial charge in [0.25, 0.3) is 0 Å². The van der Waals surface area contributed by atoms with Crippen LogP contribution in [0.3, 0.4) is 0 Å². The summed E-state index contributed by atoms with van der Waals surface area (Å²) in [7, 11) is 0. The van der Waals surface area contributed by atoms with Gasteiger partial charge in [-0.2, -0.15) is 0 Å². The Morgan fingerprint density at radius 1 is 0.274 bits per heavy atom. The Hall–Kier alpha value is -4.48. The summed E-state index contributed by atoms with van der Waals surface area (Å²) in [6, 6.07) is 0. The van der Waals surface area contributed by atoms with Crippen LogP contribution in [0.1, 0.15) is 309 Å². The number of carbonyl (C=O) groups is 2. The molecule has 0 aromatic carbocycles. The average molecular weight is 1160 g/mol. The van der Waals surface area contributed by atoms with Crippen LogP contribution in [0.2, 0.25) is 0 Å². The summed E-state index contributed by atoms with van der Waals surface area (Å²) in [5, 5.41) is 9.71. The van der Waals surface area contributed by atoms with E-state index in [1.54, 1.807) is 0 Å². The van der Waals surface area contributed by atoms with Gasteiger partial charge in [0.15, 0.2) is 6.10 Å². The minimum absolute atomic E-state index is 0.0721. The van der Waals surface area contributed by atoms with Crippen molar-refractivity contribution in [2.45, 2.75) is 315 Å². The molecule has 0 aromatic heterocycles. The lowest BCUT2D eigenvalue weighted by Crippen LogP contribution is -2.28. The molecule has 1 atom stereocenters. The summed E-state index contributed by atoms with van der Waals surface area (Å²) in [6.45, 7) is 3.93. The Kier molecular flexibility index (Phi) is 68.9. The predicted molar refractivity (Wildman–Crippen MR) is 370 cm³/mol. The SMILES string of the molecule is CC/C=C\C/C=C\C/C=C\C/C=C\C/C=C\C/C=C\C/C=C\C/C=C\C/C=C\CCCCCCCCCCCCCC(=O)OC(CO)COC(=O)CCCCCCCCCCCCCCCCCCCC/C=C\C/C=C\C/C=C\C/C=C\CC. The molecule has 0 aliphatic heterocycles. The van der Waals surface area contributed by atoms with Gasteiger partial charge in [0, 0.05) is 12.8 Å². The van der Waals surface area contributed by atoms with E-state index in [9.17, 15) is 14.7 Å². The van der Waals surface area contributed by atoms with Crippen molar-refractivity contribution >= 4 is 11.9 Å². The van der Waals surface area contributed by atoms with E-state index in [1.807, 2.05) is 0 Å². The molecule has 1 N–H and O–H groups in total. The maximum atomic E-state index is 12.4. The fraction of sp³-hybridized carbons (Fsp3) is 0.646. The number of unbranched alkanes of at least 4 members (excludes halogenated alkanes) is 29. The quantitative estimate of drug-likeness (QED) is 0.0373. The van der Waals surface area contributed by atoms with Gasteiger partial charge < -0.3 is 14.6 Å². The van der Waals surface area contributed by atoms with Gasteiger partial charge in [0.2, 0.25) is 0 Å². The molecule has 0 radical (unpaired) electrons. The Balaban J connectivity index is 3.52. The van der Waals surface area contributed by atoms with Crippen molar-refractivity contribution in [2.75, 3.05) is 13.2 Å². The number of aliphatic hydroxyl groups is 1. The molecule has 0 spiro atoms. The fourth-order valence-corrected chi connectivity index (χ4v) is 9.66. The van der Waals surface area contributed by atoms with Gasteiger partial charge in [-0.05, 0) is 122 Å². The third kappa shape index (κ3) is 70.0. The van der Waals surface area contributed by atoms with E-state index in [0.29, 0.717) is 12.8 Å². The van der Waals surface area contributed by atoms with Gasteiger partial charge in [-0.3, -0.25) is 9.59 Å². The zero-order valence-corrected chi connectivity index (χ0v) is 54.6. The van der Waals surface area contributed by atoms with E-state index in [2.05, 4.69) is 172 Å². The second-order valence-electron chi connectivity index (χ2n) is 22.8. The zero-order valence-electron chi connectivity index (χ0n) is 54.6. The molecule has 5 nitrogen and oxygen atoms in total. The first-order valence-corrected chi connectivity index (χ1v) is 35.0. The van der Waals surface area contributed by atoms with Crippen molar-refractivity contribution in [1.29, 1.82) is 0 Å². The number of hydrogen-bond donors (Lipinski definition) is 1. The summed E-state index contributed by atoms with van der Waals surface area (Å²) >= 11 is 0. The van der Waals surface area contributed by atoms with Gasteiger partial charge in [0.1, 0.15) is 6.61 Å². The first-order valence-electron chi connectivity index (χ1n) is 35.0. The van der Waals surface area contributed by atoms with Gasteiger partial charge >= 0.3 is 11.9 Å². The molecule has 0 aromatic rings. The highest BCUT2D eigenvalue weighted by Crippen LogP contribution is 2.17. The maximum Gasteiger partial charge on any atom is 0.306 e. The Labute approximate surface area is 520 Å². The Morgan fingerprint density at radius 3 is 0.714 bits per heavy atom. The number of aliphatic hydroxyl groups excluding tert-OH is 1. The molecule has 0 fully saturated rings. The fourth-order valence-electron chi connectivity index (χ4n) is 9.66. The van der Waals surface area contributed by atoms with Crippen LogP contribution >= 0.6 is 0 Å². The number of rotatable bonds is 63. The molecule has 1 unspecified atom stereocenters. The number of esters is 2. The molecule has 0 bridgehead atoms. The van der Waals surface area contributed by atoms with Crippen LogP contribution in [0, 0.1) is 0 Å². The first-order chi connectivity index (χ1) is 41.6. The highest BCUT2D eigenvalue weighted by Gasteiger charge is 2.16. The molecular formula is C79H130O5. The molecular weight excluding hydrogens is 1030 g/mol. The van der Waals surface area contributed by atoms with Crippen LogP contribution in [0.5, 0.6) is 0 Å². The van der Waals surface area contributed by atoms with E-state index < -0.39 is 6.10 Å². The molecule has 0 aliphatic carbocycles. The highest BCUT2D eigenvalue weighted by molar-refractivity contribution is 5.70. The zero-order chi connectivity index (χ0) is 60.5. The van der Waals surface area contributed by atoms with Gasteiger partial charge in [0.05, 0.1) is 6.61 Å². The second-order valence-corrected chi connectivity index (χ2v) is 22.8. The van der Waals surface area contributed by atoms with Crippen molar-refractivity contribution in [1.82, 2.24) is 0 Å². The number of ether oxygens (including phenoxy) is 2. The van der Waals surface area contributed by atoms with E-state index in [4.69, 9.17) is 9.47 Å². The summed E-state index contributed by atoms with van der Waals surface area (Å²) in [5.41, 5.74) is 0. The highest BCUT2D eigenvalue weighted by atomic mass is 16.6. The topological polar surface area (TPSA) is 72.8 Å². The van der Waals surface area contributed by atoms with Crippen molar-refractivity contribution in [3.63, 3.8) is 0 Å². The van der Waals surface area contributed by atoms with Crippen molar-refractivity contribution in [3.8, 4) is 0 Å². The van der Waals surface area contributed by atoms with E-state index in [1.165, 1.54) is 161 Å². The second kappa shape index (κ2) is 72.8. The summed E-state index contributed by atoms with van der Waals surface area (Å²) in [5.74, 6) is -0.591. The number of carbonyl (C=O) groups excluding carboxylic acids is 2. The van der Waals surface area contributed by atoms with E-state index in [0.717, 1.165) is 122 Å². The van der Waals surface area contributed by atoms with Crippen LogP contribution in [-0.2, 0) is 19.1 Å². The lowest BCUT2D eigenvalue weighted by molar-refractivity contribution is -0.161. The van der Waals surface area contributed by atoms with Crippen molar-refractivity contribution in [2.24, 2.45) is 0 Å². The van der Waals surface area contributed by atoms with Crippen LogP contribution < -0.4 is 0 Å². The molecule has 84 heavy (non-hydrogen) atoms. The summed E-state index contributed by atoms with van der Waals surface area (Å²) < 4.78 is 10.8. The molecule has 0 saturated heterocycles. The van der Waals surface area contributed by atoms with E-state index >= 15 is 0 Å². The maximum absolute atomic E-state index is 12.4. The first kappa shape index (κ1) is 79.5. The Morgan fingerprint density at radius 2 is 0.476 bits per heavy atom. The van der Waals surface area contributed by atoms with Crippen LogP contribution in [-0.4, -0.2) is 36.4 Å². The summed E-state index contributed by atoms with van der Waals surface area (Å²) in [4.78, 5) is 24.7. The number of hydrogen-bond acceptors (Lipinski definition) is 5. The average Bonchev–Trinajstić information content (AvgIpc) is 3.51. The van der Waals surface area contributed by atoms with Crippen LogP contribution in [0.4, 0.5) is 0 Å². The molecule has 0 heterocycles. The van der Waals surface area contributed by atoms with Gasteiger partial charge in [-0.1, -0.05) is 332 Å². The third-order valence-corrected chi connectivity index (χ3v) is 14.8. The molecule has 0 saturated carbocycles. The third-order valence-electron chi connectivity index (χ3n) is 14.8. The van der Waals surface area contributed by atoms with Crippen molar-refractivity contribution < 1.29 is 24.2 Å². The van der Waals surface area contributed by atoms with Crippen LogP contribution in [0.25, 0.3) is 0 Å². The lowest BCUT2D eigenvalue weighted by Gasteiger charge is -2.15. The largest absolute Gasteiger partial charge is 0.462 e. The lowest BCUT2D eigenvalue weighted by atomic mass is 10.0. The smallest absolute Gasteiger partial charge is 0.306 e. The predicted octanol–water partition coefficient (Wildman–Crippen LogP) is 24.6. The molecule has 5 heteroatoms. The number of allylic oxidation sites excluding steroid dienone is 26. The van der Waals surface area contributed by atoms with Crippen molar-refractivity contribution in [3.05, 3.63) is 158 Å². The van der Waals surface area contributed by atoms with Gasteiger partial charge in [-0.25, -0.2) is 0 Å². The monoisotopic (exact) mass is 1160 g/mol. The molecule has 0 rings (SSSR count). The normalized spacial score (nSPS) is 13.2. The minimum Gasteiger partial charge on any atom is -0.462 e. The standard InChI is InChI=1S/C79H130O5/c1-3-5-7-9-11-13-15-17-19-21-23-25-27-29-31-33-35-36-37-38-39-40-41-42-44-46-48-50-52-54-56-58-60-62-64-66-68-70-72-74-79(82)84-77(75-80)76-83-78(81)73-71-69-67-65-63-61-59-57-55-53-51-49-47-45-43-34-32-30-28-26-24-22-20-18-16-14-12-10-8-6-4-2/h5-8,11-14,17-20,23-26,29,31,35-36,38-39,41-42,46,48,77,80H,3-4,9-10,15-16,21-22,27-28,30,32-34,37,40,43-45,47,49-76H2,1-2H3/b7-5-,8-6-,13-11-,14-12-,19-17-,20-18-,25-23-,26-24-,31-29-,36-35-,39-38-,42-41-,48-46-.